The van der Waals surface area contributed by atoms with E-state index in [9.17, 15) is 4.79 Å². The van der Waals surface area contributed by atoms with Gasteiger partial charge >= 0.3 is 0 Å². The maximum Gasteiger partial charge on any atom is 0.237 e. The van der Waals surface area contributed by atoms with Crippen LogP contribution in [0.3, 0.4) is 0 Å². The molecule has 1 aliphatic rings. The molecule has 5 heteroatoms. The number of ether oxygens (including phenoxy) is 1. The third-order valence-electron chi connectivity index (χ3n) is 3.43. The van der Waals surface area contributed by atoms with Crippen molar-refractivity contribution in [2.75, 3.05) is 20.2 Å². The van der Waals surface area contributed by atoms with E-state index in [-0.39, 0.29) is 11.9 Å². The molecule has 1 saturated heterocycles. The van der Waals surface area contributed by atoms with Crippen LogP contribution < -0.4 is 10.1 Å². The molecular weight excluding hydrogens is 242 g/mol. The molecule has 1 fully saturated rings. The van der Waals surface area contributed by atoms with E-state index in [1.54, 1.807) is 7.11 Å². The van der Waals surface area contributed by atoms with Crippen molar-refractivity contribution in [2.24, 2.45) is 0 Å². The van der Waals surface area contributed by atoms with Gasteiger partial charge in [0.15, 0.2) is 0 Å². The van der Waals surface area contributed by atoms with Gasteiger partial charge in [0.05, 0.1) is 18.8 Å². The molecule has 0 bridgehead atoms. The number of rotatable bonds is 3. The van der Waals surface area contributed by atoms with Gasteiger partial charge in [0, 0.05) is 37.5 Å². The van der Waals surface area contributed by atoms with Gasteiger partial charge in [0.25, 0.3) is 0 Å². The maximum absolute atomic E-state index is 11.8. The number of hydrogen-bond acceptors (Lipinski definition) is 4. The summed E-state index contributed by atoms with van der Waals surface area (Å²) < 4.78 is 5.26. The van der Waals surface area contributed by atoms with Crippen LogP contribution in [0.2, 0.25) is 0 Å². The van der Waals surface area contributed by atoms with Gasteiger partial charge in [0.2, 0.25) is 5.91 Å². The topological polar surface area (TPSA) is 54.5 Å². The summed E-state index contributed by atoms with van der Waals surface area (Å²) in [5, 5.41) is 2.92. The monoisotopic (exact) mass is 263 g/mol. The average molecular weight is 263 g/mol. The van der Waals surface area contributed by atoms with Crippen molar-refractivity contribution in [1.29, 1.82) is 0 Å². The van der Waals surface area contributed by atoms with Crippen LogP contribution >= 0.6 is 0 Å². The Bertz CT molecular complexity index is 462. The molecule has 1 N–H and O–H groups in total. The second kappa shape index (κ2) is 6.02. The minimum atomic E-state index is -0.115. The van der Waals surface area contributed by atoms with Crippen molar-refractivity contribution in [3.63, 3.8) is 0 Å². The Morgan fingerprint density at radius 2 is 2.32 bits per heavy atom. The molecule has 1 atom stereocenters. The first-order valence-electron chi connectivity index (χ1n) is 6.63. The van der Waals surface area contributed by atoms with Crippen LogP contribution in [-0.2, 0) is 11.3 Å². The summed E-state index contributed by atoms with van der Waals surface area (Å²) in [7, 11) is 1.65. The Morgan fingerprint density at radius 3 is 3.05 bits per heavy atom. The fourth-order valence-electron chi connectivity index (χ4n) is 2.33. The van der Waals surface area contributed by atoms with E-state index in [4.69, 9.17) is 4.74 Å². The molecule has 2 rings (SSSR count). The lowest BCUT2D eigenvalue weighted by Crippen LogP contribution is -2.41. The first-order chi connectivity index (χ1) is 9.10. The number of pyridine rings is 1. The third-order valence-corrected chi connectivity index (χ3v) is 3.43. The van der Waals surface area contributed by atoms with Gasteiger partial charge in [-0.25, -0.2) is 0 Å². The van der Waals surface area contributed by atoms with Crippen LogP contribution in [0, 0.1) is 6.92 Å². The molecule has 1 aromatic rings. The van der Waals surface area contributed by atoms with Gasteiger partial charge < -0.3 is 10.1 Å². The van der Waals surface area contributed by atoms with Crippen LogP contribution in [0.15, 0.2) is 12.1 Å². The third kappa shape index (κ3) is 3.44. The Balaban J connectivity index is 2.14. The zero-order valence-electron chi connectivity index (χ0n) is 11.8. The Hall–Kier alpha value is -1.62. The van der Waals surface area contributed by atoms with Gasteiger partial charge in [-0.1, -0.05) is 0 Å². The lowest BCUT2D eigenvalue weighted by Gasteiger charge is -2.25. The van der Waals surface area contributed by atoms with Crippen molar-refractivity contribution in [1.82, 2.24) is 15.2 Å². The largest absolute Gasteiger partial charge is 0.497 e. The van der Waals surface area contributed by atoms with E-state index in [1.165, 1.54) is 0 Å². The number of carbonyl (C=O) groups excluding carboxylic acids is 1. The number of nitrogens with zero attached hydrogens (tertiary/aromatic N) is 2. The smallest absolute Gasteiger partial charge is 0.237 e. The fourth-order valence-corrected chi connectivity index (χ4v) is 2.33. The Kier molecular flexibility index (Phi) is 4.37. The maximum atomic E-state index is 11.8. The number of aromatic nitrogens is 1. The highest BCUT2D eigenvalue weighted by Gasteiger charge is 2.24. The van der Waals surface area contributed by atoms with E-state index in [0.29, 0.717) is 6.54 Å². The van der Waals surface area contributed by atoms with Gasteiger partial charge in [-0.15, -0.1) is 0 Å². The molecule has 0 radical (unpaired) electrons. The second-order valence-corrected chi connectivity index (χ2v) is 4.93. The SMILES string of the molecule is COc1cc(C)nc(CN2CCCNC(=O)[C@@H]2C)c1. The van der Waals surface area contributed by atoms with Crippen LogP contribution in [0.25, 0.3) is 0 Å². The summed E-state index contributed by atoms with van der Waals surface area (Å²) in [5.41, 5.74) is 1.87. The summed E-state index contributed by atoms with van der Waals surface area (Å²) in [6.45, 7) is 6.22. The van der Waals surface area contributed by atoms with Crippen LogP contribution in [0.4, 0.5) is 0 Å². The number of carbonyl (C=O) groups is 1. The van der Waals surface area contributed by atoms with E-state index in [1.807, 2.05) is 26.0 Å². The van der Waals surface area contributed by atoms with Crippen LogP contribution in [0.5, 0.6) is 5.75 Å². The minimum absolute atomic E-state index is 0.0946. The van der Waals surface area contributed by atoms with E-state index in [2.05, 4.69) is 15.2 Å². The van der Waals surface area contributed by atoms with E-state index < -0.39 is 0 Å². The molecule has 0 saturated carbocycles. The predicted octanol–water partition coefficient (Wildman–Crippen LogP) is 1.11. The van der Waals surface area contributed by atoms with Crippen LogP contribution in [0.1, 0.15) is 24.7 Å². The number of aryl methyl sites for hydroxylation is 1. The predicted molar refractivity (Wildman–Crippen MR) is 73.0 cm³/mol. The normalized spacial score (nSPS) is 20.8. The zero-order valence-corrected chi connectivity index (χ0v) is 11.8. The van der Waals surface area contributed by atoms with Crippen molar-refractivity contribution in [2.45, 2.75) is 32.9 Å². The van der Waals surface area contributed by atoms with Crippen molar-refractivity contribution in [3.05, 3.63) is 23.5 Å². The molecule has 19 heavy (non-hydrogen) atoms. The Labute approximate surface area is 114 Å². The molecule has 5 nitrogen and oxygen atoms in total. The molecule has 0 aromatic carbocycles. The number of hydrogen-bond donors (Lipinski definition) is 1. The zero-order chi connectivity index (χ0) is 13.8. The van der Waals surface area contributed by atoms with Gasteiger partial charge in [-0.3, -0.25) is 14.7 Å². The van der Waals surface area contributed by atoms with Gasteiger partial charge in [0.1, 0.15) is 5.75 Å². The first-order valence-corrected chi connectivity index (χ1v) is 6.63. The molecule has 1 aliphatic heterocycles. The molecule has 0 unspecified atom stereocenters. The average Bonchev–Trinajstić information content (AvgIpc) is 2.54. The molecule has 0 spiro atoms. The summed E-state index contributed by atoms with van der Waals surface area (Å²) in [4.78, 5) is 18.5. The molecular formula is C14H21N3O2. The fraction of sp³-hybridized carbons (Fsp3) is 0.571. The van der Waals surface area contributed by atoms with E-state index in [0.717, 1.165) is 36.6 Å². The number of methoxy groups -OCH3 is 1. The lowest BCUT2D eigenvalue weighted by atomic mass is 10.2. The molecule has 2 heterocycles. The summed E-state index contributed by atoms with van der Waals surface area (Å²) in [5.74, 6) is 0.909. The Morgan fingerprint density at radius 1 is 1.53 bits per heavy atom. The lowest BCUT2D eigenvalue weighted by molar-refractivity contribution is -0.125. The molecule has 1 aromatic heterocycles. The van der Waals surface area contributed by atoms with Gasteiger partial charge in [-0.2, -0.15) is 0 Å². The summed E-state index contributed by atoms with van der Waals surface area (Å²) in [6.07, 6.45) is 0.971. The molecule has 0 aliphatic carbocycles. The van der Waals surface area contributed by atoms with Crippen molar-refractivity contribution < 1.29 is 9.53 Å². The van der Waals surface area contributed by atoms with E-state index >= 15 is 0 Å². The number of nitrogens with one attached hydrogen (secondary N) is 1. The molecule has 1 amide bonds. The van der Waals surface area contributed by atoms with Crippen molar-refractivity contribution >= 4 is 5.91 Å². The number of amides is 1. The second-order valence-electron chi connectivity index (χ2n) is 4.93. The standard InChI is InChI=1S/C14H21N3O2/c1-10-7-13(19-3)8-12(16-10)9-17-6-4-5-15-14(18)11(17)2/h7-8,11H,4-6,9H2,1-3H3,(H,15,18)/t11-/m0/s1. The quantitative estimate of drug-likeness (QED) is 0.887. The van der Waals surface area contributed by atoms with Crippen molar-refractivity contribution in [3.8, 4) is 5.75 Å². The van der Waals surface area contributed by atoms with Gasteiger partial charge in [-0.05, 0) is 20.3 Å². The molecule has 104 valence electrons. The highest BCUT2D eigenvalue weighted by Crippen LogP contribution is 2.16. The van der Waals surface area contributed by atoms with Crippen LogP contribution in [-0.4, -0.2) is 42.0 Å². The highest BCUT2D eigenvalue weighted by molar-refractivity contribution is 5.81. The summed E-state index contributed by atoms with van der Waals surface area (Å²) in [6, 6.07) is 3.72. The summed E-state index contributed by atoms with van der Waals surface area (Å²) >= 11 is 0. The highest BCUT2D eigenvalue weighted by atomic mass is 16.5. The first kappa shape index (κ1) is 13.8. The minimum Gasteiger partial charge on any atom is -0.497 e.